The maximum absolute atomic E-state index is 11.9. The van der Waals surface area contributed by atoms with Crippen LogP contribution in [0.2, 0.25) is 0 Å². The molecule has 7 heteroatoms. The minimum absolute atomic E-state index is 0.238. The van der Waals surface area contributed by atoms with Gasteiger partial charge in [-0.2, -0.15) is 0 Å². The average Bonchev–Trinajstić information content (AvgIpc) is 2.30. The molecule has 0 spiro atoms. The molecule has 1 aromatic heterocycles. The standard InChI is InChI=1S/C5H5F2NO2S2/c6-5(7)3-1-2-4(11-3)12(8,9)10/h1-2,5H,(H2,8,9,10). The Kier molecular flexibility index (Phi) is 2.45. The van der Waals surface area contributed by atoms with Gasteiger partial charge < -0.3 is 0 Å². The van der Waals surface area contributed by atoms with Gasteiger partial charge in [0.05, 0.1) is 4.88 Å². The summed E-state index contributed by atoms with van der Waals surface area (Å²) in [5.74, 6) is 0. The monoisotopic (exact) mass is 213 g/mol. The fourth-order valence-electron chi connectivity index (χ4n) is 0.605. The SMILES string of the molecule is NS(=O)(=O)c1ccc(C(F)F)s1. The quantitative estimate of drug-likeness (QED) is 0.805. The zero-order chi connectivity index (χ0) is 9.35. The van der Waals surface area contributed by atoms with E-state index < -0.39 is 16.4 Å². The van der Waals surface area contributed by atoms with E-state index in [1.807, 2.05) is 0 Å². The molecule has 0 aliphatic rings. The number of rotatable bonds is 2. The molecule has 0 saturated carbocycles. The lowest BCUT2D eigenvalue weighted by molar-refractivity contribution is 0.155. The molecule has 0 aliphatic heterocycles. The summed E-state index contributed by atoms with van der Waals surface area (Å²) in [6.45, 7) is 0. The Morgan fingerprint density at radius 1 is 1.42 bits per heavy atom. The molecule has 2 N–H and O–H groups in total. The number of nitrogens with two attached hydrogens (primary N) is 1. The van der Waals surface area contributed by atoms with Gasteiger partial charge in [-0.05, 0) is 12.1 Å². The highest BCUT2D eigenvalue weighted by Gasteiger charge is 2.15. The van der Waals surface area contributed by atoms with Crippen LogP contribution in [0.3, 0.4) is 0 Å². The summed E-state index contributed by atoms with van der Waals surface area (Å²) in [6.07, 6.45) is -2.65. The normalized spacial score (nSPS) is 12.3. The van der Waals surface area contributed by atoms with Crippen LogP contribution in [0.5, 0.6) is 0 Å². The van der Waals surface area contributed by atoms with Crippen molar-refractivity contribution in [3.63, 3.8) is 0 Å². The number of thiophene rings is 1. The van der Waals surface area contributed by atoms with Crippen LogP contribution in [0.1, 0.15) is 11.3 Å². The van der Waals surface area contributed by atoms with Crippen molar-refractivity contribution in [2.24, 2.45) is 5.14 Å². The summed E-state index contributed by atoms with van der Waals surface area (Å²) in [7, 11) is -3.83. The van der Waals surface area contributed by atoms with E-state index in [9.17, 15) is 17.2 Å². The molecule has 0 saturated heterocycles. The first-order chi connectivity index (χ1) is 5.41. The number of sulfonamides is 1. The smallest absolute Gasteiger partial charge is 0.224 e. The first kappa shape index (κ1) is 9.56. The van der Waals surface area contributed by atoms with E-state index in [2.05, 4.69) is 0 Å². The third-order valence-electron chi connectivity index (χ3n) is 1.10. The Hall–Kier alpha value is -0.530. The van der Waals surface area contributed by atoms with Gasteiger partial charge in [0.2, 0.25) is 10.0 Å². The highest BCUT2D eigenvalue weighted by molar-refractivity contribution is 7.91. The molecule has 1 rings (SSSR count). The highest BCUT2D eigenvalue weighted by atomic mass is 32.2. The van der Waals surface area contributed by atoms with Gasteiger partial charge in [-0.15, -0.1) is 11.3 Å². The van der Waals surface area contributed by atoms with Crippen LogP contribution in [-0.4, -0.2) is 8.42 Å². The predicted octanol–water partition coefficient (Wildman–Crippen LogP) is 1.33. The van der Waals surface area contributed by atoms with Crippen molar-refractivity contribution in [3.8, 4) is 0 Å². The molecule has 0 amide bonds. The van der Waals surface area contributed by atoms with Crippen LogP contribution in [0.4, 0.5) is 8.78 Å². The largest absolute Gasteiger partial charge is 0.272 e. The molecule has 0 atom stereocenters. The fraction of sp³-hybridized carbons (Fsp3) is 0.200. The van der Waals surface area contributed by atoms with Gasteiger partial charge in [0.25, 0.3) is 6.43 Å². The Balaban J connectivity index is 3.09. The lowest BCUT2D eigenvalue weighted by atomic mass is 10.5. The van der Waals surface area contributed by atoms with Crippen molar-refractivity contribution in [1.29, 1.82) is 0 Å². The lowest BCUT2D eigenvalue weighted by Gasteiger charge is -1.90. The van der Waals surface area contributed by atoms with Crippen LogP contribution in [0, 0.1) is 0 Å². The Bertz CT molecular complexity index is 371. The second-order valence-electron chi connectivity index (χ2n) is 2.00. The molecule has 0 aromatic carbocycles. The van der Waals surface area contributed by atoms with Gasteiger partial charge in [-0.3, -0.25) is 0 Å². The van der Waals surface area contributed by atoms with E-state index in [-0.39, 0.29) is 9.09 Å². The van der Waals surface area contributed by atoms with Crippen molar-refractivity contribution < 1.29 is 17.2 Å². The van der Waals surface area contributed by atoms with Crippen LogP contribution < -0.4 is 5.14 Å². The minimum atomic E-state index is -3.83. The van der Waals surface area contributed by atoms with E-state index in [1.165, 1.54) is 0 Å². The molecule has 1 aromatic rings. The molecule has 68 valence electrons. The van der Waals surface area contributed by atoms with Crippen LogP contribution >= 0.6 is 11.3 Å². The summed E-state index contributed by atoms with van der Waals surface area (Å²) in [5.41, 5.74) is 0. The van der Waals surface area contributed by atoms with Gasteiger partial charge >= 0.3 is 0 Å². The van der Waals surface area contributed by atoms with Crippen molar-refractivity contribution in [3.05, 3.63) is 17.0 Å². The maximum atomic E-state index is 11.9. The molecule has 1 heterocycles. The Morgan fingerprint density at radius 2 is 2.00 bits per heavy atom. The minimum Gasteiger partial charge on any atom is -0.224 e. The topological polar surface area (TPSA) is 60.2 Å². The van der Waals surface area contributed by atoms with Crippen molar-refractivity contribution in [2.75, 3.05) is 0 Å². The van der Waals surface area contributed by atoms with Gasteiger partial charge in [-0.1, -0.05) is 0 Å². The molecule has 0 aliphatic carbocycles. The predicted molar refractivity (Wildman–Crippen MR) is 40.6 cm³/mol. The molecule has 0 radical (unpaired) electrons. The number of primary sulfonamides is 1. The van der Waals surface area contributed by atoms with Gasteiger partial charge in [0.15, 0.2) is 0 Å². The Morgan fingerprint density at radius 3 is 2.25 bits per heavy atom. The summed E-state index contributed by atoms with van der Waals surface area (Å²) in [5, 5.41) is 4.71. The third kappa shape index (κ3) is 1.99. The van der Waals surface area contributed by atoms with E-state index in [0.717, 1.165) is 12.1 Å². The van der Waals surface area contributed by atoms with Crippen molar-refractivity contribution in [1.82, 2.24) is 0 Å². The first-order valence-electron chi connectivity index (χ1n) is 2.82. The summed E-state index contributed by atoms with van der Waals surface area (Å²) < 4.78 is 44.9. The second-order valence-corrected chi connectivity index (χ2v) is 4.91. The average molecular weight is 213 g/mol. The van der Waals surface area contributed by atoms with E-state index in [1.54, 1.807) is 0 Å². The summed E-state index contributed by atoms with van der Waals surface area (Å²) in [6, 6.07) is 2.12. The zero-order valence-corrected chi connectivity index (χ0v) is 7.33. The Labute approximate surface area is 71.9 Å². The van der Waals surface area contributed by atoms with Crippen LogP contribution in [0.15, 0.2) is 16.3 Å². The van der Waals surface area contributed by atoms with Crippen LogP contribution in [-0.2, 0) is 10.0 Å². The molecule has 0 unspecified atom stereocenters. The zero-order valence-electron chi connectivity index (χ0n) is 5.70. The van der Waals surface area contributed by atoms with E-state index in [4.69, 9.17) is 5.14 Å². The lowest BCUT2D eigenvalue weighted by Crippen LogP contribution is -2.09. The van der Waals surface area contributed by atoms with Gasteiger partial charge in [-0.25, -0.2) is 22.3 Å². The summed E-state index contributed by atoms with van der Waals surface area (Å²) in [4.78, 5) is -0.293. The fourth-order valence-corrected chi connectivity index (χ4v) is 2.21. The number of alkyl halides is 2. The molecule has 12 heavy (non-hydrogen) atoms. The van der Waals surface area contributed by atoms with Gasteiger partial charge in [0.1, 0.15) is 4.21 Å². The molecule has 0 fully saturated rings. The molecular weight excluding hydrogens is 208 g/mol. The second kappa shape index (κ2) is 3.08. The van der Waals surface area contributed by atoms with E-state index >= 15 is 0 Å². The summed E-state index contributed by atoms with van der Waals surface area (Å²) >= 11 is 0.485. The van der Waals surface area contributed by atoms with Gasteiger partial charge in [0, 0.05) is 0 Å². The number of hydrogen-bond donors (Lipinski definition) is 1. The number of hydrogen-bond acceptors (Lipinski definition) is 3. The van der Waals surface area contributed by atoms with Crippen LogP contribution in [0.25, 0.3) is 0 Å². The van der Waals surface area contributed by atoms with Crippen molar-refractivity contribution in [2.45, 2.75) is 10.6 Å². The van der Waals surface area contributed by atoms with Crippen molar-refractivity contribution >= 4 is 21.4 Å². The molecule has 3 nitrogen and oxygen atoms in total. The number of halogens is 2. The highest BCUT2D eigenvalue weighted by Crippen LogP contribution is 2.28. The third-order valence-corrected chi connectivity index (χ3v) is 3.63. The van der Waals surface area contributed by atoms with E-state index in [0.29, 0.717) is 11.3 Å². The first-order valence-corrected chi connectivity index (χ1v) is 5.18. The molecular formula is C5H5F2NO2S2. The molecule has 0 bridgehead atoms. The maximum Gasteiger partial charge on any atom is 0.272 e.